The van der Waals surface area contributed by atoms with Crippen molar-refractivity contribution in [3.63, 3.8) is 0 Å². The van der Waals surface area contributed by atoms with Crippen LogP contribution in [-0.2, 0) is 0 Å². The summed E-state index contributed by atoms with van der Waals surface area (Å²) in [6, 6.07) is 0. The second kappa shape index (κ2) is 8.45. The molecule has 0 aromatic carbocycles. The average Bonchev–Trinajstić information content (AvgIpc) is 2.42. The van der Waals surface area contributed by atoms with Gasteiger partial charge in [-0.3, -0.25) is 5.14 Å². The van der Waals surface area contributed by atoms with Gasteiger partial charge < -0.3 is 0 Å². The second-order valence-corrected chi connectivity index (χ2v) is 5.78. The smallest absolute Gasteiger partial charge is 0.269 e. The van der Waals surface area contributed by atoms with Gasteiger partial charge in [0.1, 0.15) is 0 Å². The number of hydrogen-bond acceptors (Lipinski definition) is 4. The fourth-order valence-electron chi connectivity index (χ4n) is 2.00. The largest absolute Gasteiger partial charge is 0.315 e. The quantitative estimate of drug-likeness (QED) is 0.438. The molecular formula is C13H23N4S2+. The molecule has 0 radical (unpaired) electrons. The number of aromatic nitrogens is 3. The van der Waals surface area contributed by atoms with E-state index in [0.29, 0.717) is 21.8 Å². The van der Waals surface area contributed by atoms with Gasteiger partial charge in [0, 0.05) is 17.9 Å². The zero-order valence-corrected chi connectivity index (χ0v) is 13.2. The molecule has 0 aliphatic rings. The van der Waals surface area contributed by atoms with Crippen LogP contribution in [0.4, 0.5) is 0 Å². The topological polar surface area (TPSA) is 68.8 Å². The molecule has 0 bridgehead atoms. The van der Waals surface area contributed by atoms with Crippen LogP contribution in [0.1, 0.15) is 51.3 Å². The van der Waals surface area contributed by atoms with E-state index in [4.69, 9.17) is 17.4 Å². The van der Waals surface area contributed by atoms with Gasteiger partial charge in [-0.2, -0.15) is 0 Å². The zero-order chi connectivity index (χ0) is 14.3. The fourth-order valence-corrected chi connectivity index (χ4v) is 2.58. The molecule has 1 aromatic rings. The van der Waals surface area contributed by atoms with Gasteiger partial charge in [0.15, 0.2) is 0 Å². The highest BCUT2D eigenvalue weighted by molar-refractivity contribution is 7.96. The highest BCUT2D eigenvalue weighted by Crippen LogP contribution is 2.24. The van der Waals surface area contributed by atoms with Crippen LogP contribution in [0.3, 0.4) is 0 Å². The van der Waals surface area contributed by atoms with E-state index < -0.39 is 0 Å². The van der Waals surface area contributed by atoms with Gasteiger partial charge in [0.2, 0.25) is 5.82 Å². The number of H-pyrrole nitrogens is 2. The first-order valence-electron chi connectivity index (χ1n) is 6.63. The van der Waals surface area contributed by atoms with Crippen molar-refractivity contribution in [3.8, 4) is 0 Å². The Balaban J connectivity index is 2.71. The highest BCUT2D eigenvalue weighted by Gasteiger charge is 2.19. The van der Waals surface area contributed by atoms with E-state index in [1.54, 1.807) is 0 Å². The first-order valence-corrected chi connectivity index (χ1v) is 7.92. The van der Waals surface area contributed by atoms with E-state index in [9.17, 15) is 0 Å². The Kier molecular flexibility index (Phi) is 7.27. The number of nitrogens with zero attached hydrogens (tertiary/aromatic N) is 1. The summed E-state index contributed by atoms with van der Waals surface area (Å²) in [7, 11) is 0. The van der Waals surface area contributed by atoms with Crippen molar-refractivity contribution >= 4 is 24.2 Å². The zero-order valence-electron chi connectivity index (χ0n) is 11.6. The van der Waals surface area contributed by atoms with E-state index >= 15 is 0 Å². The minimum absolute atomic E-state index is 0.402. The lowest BCUT2D eigenvalue weighted by molar-refractivity contribution is -0.447. The summed E-state index contributed by atoms with van der Waals surface area (Å²) in [5, 5.41) is 6.20. The van der Waals surface area contributed by atoms with Crippen LogP contribution in [0.2, 0.25) is 0 Å². The molecule has 0 saturated heterocycles. The van der Waals surface area contributed by atoms with Crippen LogP contribution >= 0.6 is 24.2 Å². The lowest BCUT2D eigenvalue weighted by atomic mass is 9.95. The van der Waals surface area contributed by atoms with E-state index in [2.05, 4.69) is 35.4 Å². The van der Waals surface area contributed by atoms with Crippen molar-refractivity contribution in [2.75, 3.05) is 0 Å². The van der Waals surface area contributed by atoms with E-state index in [0.717, 1.165) is 43.5 Å². The summed E-state index contributed by atoms with van der Waals surface area (Å²) in [6.45, 7) is 8.19. The van der Waals surface area contributed by atoms with Gasteiger partial charge in [-0.1, -0.05) is 31.3 Å². The van der Waals surface area contributed by atoms with Gasteiger partial charge in [-0.15, -0.1) is 6.58 Å². The fraction of sp³-hybridized carbons (Fsp3) is 0.615. The molecule has 106 valence electrons. The van der Waals surface area contributed by atoms with Crippen LogP contribution in [0.5, 0.6) is 0 Å². The van der Waals surface area contributed by atoms with Gasteiger partial charge >= 0.3 is 5.16 Å². The third-order valence-corrected chi connectivity index (χ3v) is 3.91. The molecule has 19 heavy (non-hydrogen) atoms. The normalized spacial score (nSPS) is 14.1. The first kappa shape index (κ1) is 16.3. The number of hydrogen-bond donors (Lipinski definition) is 2. The predicted octanol–water partition coefficient (Wildman–Crippen LogP) is 3.41. The Morgan fingerprint density at radius 2 is 2.32 bits per heavy atom. The molecule has 0 spiro atoms. The van der Waals surface area contributed by atoms with Crippen molar-refractivity contribution < 1.29 is 4.98 Å². The summed E-state index contributed by atoms with van der Waals surface area (Å²) in [5.74, 6) is 1.91. The SMILES string of the molecule is C=CC(C)CCCC(CC)c1nc(SN)[nH+]c(=S)[nH]1. The molecule has 0 saturated carbocycles. The summed E-state index contributed by atoms with van der Waals surface area (Å²) in [6.07, 6.45) is 6.48. The van der Waals surface area contributed by atoms with Crippen LogP contribution < -0.4 is 10.1 Å². The number of nitrogens with one attached hydrogen (secondary N) is 2. The Morgan fingerprint density at radius 3 is 2.89 bits per heavy atom. The maximum absolute atomic E-state index is 5.54. The summed E-state index contributed by atoms with van der Waals surface area (Å²) < 4.78 is 0.579. The van der Waals surface area contributed by atoms with E-state index in [1.807, 2.05) is 6.08 Å². The molecule has 1 aromatic heterocycles. The van der Waals surface area contributed by atoms with Crippen LogP contribution in [-0.4, -0.2) is 9.97 Å². The molecule has 1 heterocycles. The lowest BCUT2D eigenvalue weighted by Crippen LogP contribution is -2.18. The minimum atomic E-state index is 0.402. The van der Waals surface area contributed by atoms with Crippen molar-refractivity contribution in [1.82, 2.24) is 9.97 Å². The molecule has 6 heteroatoms. The molecular weight excluding hydrogens is 276 g/mol. The number of allylic oxidation sites excluding steroid dienone is 1. The lowest BCUT2D eigenvalue weighted by Gasteiger charge is -2.11. The number of aromatic amines is 2. The van der Waals surface area contributed by atoms with Gasteiger partial charge in [0.25, 0.3) is 4.77 Å². The summed E-state index contributed by atoms with van der Waals surface area (Å²) >= 11 is 6.25. The second-order valence-electron chi connectivity index (χ2n) is 4.75. The van der Waals surface area contributed by atoms with Crippen LogP contribution in [0, 0.1) is 10.7 Å². The van der Waals surface area contributed by atoms with Gasteiger partial charge in [-0.05, 0) is 37.4 Å². The molecule has 2 atom stereocenters. The van der Waals surface area contributed by atoms with Crippen LogP contribution in [0.25, 0.3) is 0 Å². The molecule has 2 unspecified atom stereocenters. The predicted molar refractivity (Wildman–Crippen MR) is 82.3 cm³/mol. The van der Waals surface area contributed by atoms with Crippen molar-refractivity contribution in [3.05, 3.63) is 23.3 Å². The summed E-state index contributed by atoms with van der Waals surface area (Å²) in [5.41, 5.74) is 0. The Morgan fingerprint density at radius 1 is 1.58 bits per heavy atom. The Bertz CT molecular complexity index is 458. The molecule has 4 N–H and O–H groups in total. The maximum Gasteiger partial charge on any atom is 0.315 e. The minimum Gasteiger partial charge on any atom is -0.269 e. The average molecular weight is 299 g/mol. The Hall–Kier alpha value is -0.720. The van der Waals surface area contributed by atoms with E-state index in [-0.39, 0.29) is 0 Å². The maximum atomic E-state index is 5.54. The molecule has 0 fully saturated rings. The van der Waals surface area contributed by atoms with Gasteiger partial charge in [-0.25, -0.2) is 9.97 Å². The number of rotatable bonds is 8. The molecule has 0 aliphatic heterocycles. The molecule has 4 nitrogen and oxygen atoms in total. The van der Waals surface area contributed by atoms with Gasteiger partial charge in [0.05, 0.1) is 0 Å². The molecule has 0 aliphatic carbocycles. The Labute approximate surface area is 124 Å². The van der Waals surface area contributed by atoms with Crippen molar-refractivity contribution in [2.45, 2.75) is 50.6 Å². The standard InChI is InChI=1S/C13H22N4S2/c1-4-9(3)7-6-8-10(5-2)11-15-12(18)17-13(16-11)19-14/h4,9-10H,1,5-8,14H2,2-3H3,(H,15,16,17,18)/p+1. The monoisotopic (exact) mass is 299 g/mol. The third kappa shape index (κ3) is 5.42. The molecule has 1 rings (SSSR count). The van der Waals surface area contributed by atoms with Crippen molar-refractivity contribution in [2.24, 2.45) is 11.1 Å². The molecule has 0 amide bonds. The van der Waals surface area contributed by atoms with Crippen molar-refractivity contribution in [1.29, 1.82) is 0 Å². The first-order chi connectivity index (χ1) is 9.10. The number of nitrogens with two attached hydrogens (primary N) is 1. The van der Waals surface area contributed by atoms with Crippen LogP contribution in [0.15, 0.2) is 17.8 Å². The summed E-state index contributed by atoms with van der Waals surface area (Å²) in [4.78, 5) is 10.6. The van der Waals surface area contributed by atoms with E-state index in [1.165, 1.54) is 0 Å². The highest BCUT2D eigenvalue weighted by atomic mass is 32.2. The third-order valence-electron chi connectivity index (χ3n) is 3.29.